The Kier molecular flexibility index (Phi) is 6.93. The van der Waals surface area contributed by atoms with Crippen molar-refractivity contribution in [1.29, 1.82) is 0 Å². The zero-order chi connectivity index (χ0) is 15.6. The van der Waals surface area contributed by atoms with Crippen molar-refractivity contribution < 1.29 is 4.74 Å². The molecule has 0 unspecified atom stereocenters. The van der Waals surface area contributed by atoms with E-state index in [1.807, 2.05) is 18.3 Å². The van der Waals surface area contributed by atoms with E-state index in [-0.39, 0.29) is 0 Å². The van der Waals surface area contributed by atoms with Gasteiger partial charge in [0.1, 0.15) is 18.2 Å². The molecule has 0 bridgehead atoms. The van der Waals surface area contributed by atoms with E-state index in [9.17, 15) is 0 Å². The highest BCUT2D eigenvalue weighted by atomic mass is 16.5. The lowest BCUT2D eigenvalue weighted by molar-refractivity contribution is 0.223. The second-order valence-corrected chi connectivity index (χ2v) is 5.16. The number of hydrogen-bond donors (Lipinski definition) is 2. The SMILES string of the molecule is CCN(CC)CCOc1ccc(CNCc2ncc[nH]2)cc1. The fraction of sp³-hybridized carbons (Fsp3) is 0.471. The minimum atomic E-state index is 0.734. The lowest BCUT2D eigenvalue weighted by Crippen LogP contribution is -2.27. The van der Waals surface area contributed by atoms with Gasteiger partial charge in [0.05, 0.1) is 6.54 Å². The first-order chi connectivity index (χ1) is 10.8. The number of nitrogens with one attached hydrogen (secondary N) is 2. The number of aromatic amines is 1. The fourth-order valence-electron chi connectivity index (χ4n) is 2.26. The number of benzene rings is 1. The molecule has 0 aliphatic heterocycles. The molecule has 2 aromatic rings. The maximum absolute atomic E-state index is 5.78. The average Bonchev–Trinajstić information content (AvgIpc) is 3.06. The molecule has 0 aliphatic carbocycles. The number of aromatic nitrogens is 2. The van der Waals surface area contributed by atoms with Gasteiger partial charge in [-0.1, -0.05) is 26.0 Å². The molecule has 5 heteroatoms. The van der Waals surface area contributed by atoms with E-state index in [2.05, 4.69) is 46.2 Å². The molecule has 1 aromatic heterocycles. The highest BCUT2D eigenvalue weighted by Gasteiger charge is 2.00. The van der Waals surface area contributed by atoms with Crippen LogP contribution in [0.5, 0.6) is 5.75 Å². The van der Waals surface area contributed by atoms with Gasteiger partial charge in [0.15, 0.2) is 0 Å². The lowest BCUT2D eigenvalue weighted by Gasteiger charge is -2.18. The van der Waals surface area contributed by atoms with E-state index in [0.717, 1.165) is 50.9 Å². The van der Waals surface area contributed by atoms with Gasteiger partial charge in [-0.2, -0.15) is 0 Å². The van der Waals surface area contributed by atoms with Gasteiger partial charge in [0.2, 0.25) is 0 Å². The van der Waals surface area contributed by atoms with E-state index in [1.165, 1.54) is 5.56 Å². The molecular formula is C17H26N4O. The number of ether oxygens (including phenoxy) is 1. The van der Waals surface area contributed by atoms with Crippen molar-refractivity contribution in [3.05, 3.63) is 48.0 Å². The first kappa shape index (κ1) is 16.5. The highest BCUT2D eigenvalue weighted by Crippen LogP contribution is 2.12. The van der Waals surface area contributed by atoms with Crippen LogP contribution in [0.15, 0.2) is 36.7 Å². The van der Waals surface area contributed by atoms with Crippen molar-refractivity contribution in [2.24, 2.45) is 0 Å². The van der Waals surface area contributed by atoms with Crippen molar-refractivity contribution in [2.45, 2.75) is 26.9 Å². The Morgan fingerprint density at radius 3 is 2.55 bits per heavy atom. The minimum absolute atomic E-state index is 0.734. The van der Waals surface area contributed by atoms with Crippen LogP contribution in [0.3, 0.4) is 0 Å². The third kappa shape index (κ3) is 5.50. The van der Waals surface area contributed by atoms with Crippen LogP contribution in [0, 0.1) is 0 Å². The molecule has 0 aliphatic rings. The van der Waals surface area contributed by atoms with Crippen molar-refractivity contribution in [2.75, 3.05) is 26.2 Å². The summed E-state index contributed by atoms with van der Waals surface area (Å²) in [4.78, 5) is 9.61. The van der Waals surface area contributed by atoms with Crippen molar-refractivity contribution in [3.63, 3.8) is 0 Å². The first-order valence-electron chi connectivity index (χ1n) is 7.95. The van der Waals surface area contributed by atoms with Gasteiger partial charge in [-0.25, -0.2) is 4.98 Å². The number of imidazole rings is 1. The van der Waals surface area contributed by atoms with Crippen LogP contribution < -0.4 is 10.1 Å². The van der Waals surface area contributed by atoms with Gasteiger partial charge in [0.25, 0.3) is 0 Å². The summed E-state index contributed by atoms with van der Waals surface area (Å²) in [6.45, 7) is 9.76. The van der Waals surface area contributed by atoms with Gasteiger partial charge in [-0.3, -0.25) is 0 Å². The van der Waals surface area contributed by atoms with E-state index in [0.29, 0.717) is 0 Å². The summed E-state index contributed by atoms with van der Waals surface area (Å²) in [6, 6.07) is 8.27. The van der Waals surface area contributed by atoms with Crippen LogP contribution in [-0.4, -0.2) is 41.1 Å². The first-order valence-corrected chi connectivity index (χ1v) is 7.95. The predicted octanol–water partition coefficient (Wildman–Crippen LogP) is 2.42. The Morgan fingerprint density at radius 1 is 1.14 bits per heavy atom. The molecule has 120 valence electrons. The second-order valence-electron chi connectivity index (χ2n) is 5.16. The summed E-state index contributed by atoms with van der Waals surface area (Å²) in [5.41, 5.74) is 1.24. The Morgan fingerprint density at radius 2 is 1.91 bits per heavy atom. The van der Waals surface area contributed by atoms with Crippen LogP contribution in [0.25, 0.3) is 0 Å². The zero-order valence-corrected chi connectivity index (χ0v) is 13.5. The number of nitrogens with zero attached hydrogens (tertiary/aromatic N) is 2. The molecule has 0 fully saturated rings. The predicted molar refractivity (Wildman–Crippen MR) is 88.9 cm³/mol. The number of hydrogen-bond acceptors (Lipinski definition) is 4. The van der Waals surface area contributed by atoms with Gasteiger partial charge < -0.3 is 19.9 Å². The molecule has 0 radical (unpaired) electrons. The lowest BCUT2D eigenvalue weighted by atomic mass is 10.2. The van der Waals surface area contributed by atoms with Gasteiger partial charge in [0, 0.05) is 25.5 Å². The molecule has 0 saturated carbocycles. The molecule has 1 aromatic carbocycles. The minimum Gasteiger partial charge on any atom is -0.492 e. The van der Waals surface area contributed by atoms with E-state index in [4.69, 9.17) is 4.74 Å². The Bertz CT molecular complexity index is 506. The normalized spacial score (nSPS) is 11.0. The van der Waals surface area contributed by atoms with Crippen molar-refractivity contribution >= 4 is 0 Å². The summed E-state index contributed by atoms with van der Waals surface area (Å²) in [5, 5.41) is 3.36. The third-order valence-electron chi connectivity index (χ3n) is 3.67. The van der Waals surface area contributed by atoms with Crippen molar-refractivity contribution in [1.82, 2.24) is 20.2 Å². The Labute approximate surface area is 132 Å². The quantitative estimate of drug-likeness (QED) is 0.708. The molecular weight excluding hydrogens is 276 g/mol. The Balaban J connectivity index is 1.68. The highest BCUT2D eigenvalue weighted by molar-refractivity contribution is 5.27. The third-order valence-corrected chi connectivity index (χ3v) is 3.67. The standard InChI is InChI=1S/C17H26N4O/c1-3-21(4-2)11-12-22-16-7-5-15(6-8-16)13-18-14-17-19-9-10-20-17/h5-10,18H,3-4,11-14H2,1-2H3,(H,19,20). The molecule has 0 amide bonds. The van der Waals surface area contributed by atoms with E-state index < -0.39 is 0 Å². The fourth-order valence-corrected chi connectivity index (χ4v) is 2.26. The summed E-state index contributed by atoms with van der Waals surface area (Å²) >= 11 is 0. The van der Waals surface area contributed by atoms with Crippen molar-refractivity contribution in [3.8, 4) is 5.75 Å². The maximum Gasteiger partial charge on any atom is 0.120 e. The molecule has 0 saturated heterocycles. The molecule has 2 N–H and O–H groups in total. The number of H-pyrrole nitrogens is 1. The van der Waals surface area contributed by atoms with Crippen LogP contribution in [0.2, 0.25) is 0 Å². The van der Waals surface area contributed by atoms with Gasteiger partial charge >= 0.3 is 0 Å². The van der Waals surface area contributed by atoms with Gasteiger partial charge in [-0.05, 0) is 30.8 Å². The second kappa shape index (κ2) is 9.23. The molecule has 0 spiro atoms. The van der Waals surface area contributed by atoms with Crippen LogP contribution in [0.1, 0.15) is 25.2 Å². The zero-order valence-electron chi connectivity index (χ0n) is 13.5. The topological polar surface area (TPSA) is 53.2 Å². The average molecular weight is 302 g/mol. The Hall–Kier alpha value is -1.85. The smallest absolute Gasteiger partial charge is 0.120 e. The van der Waals surface area contributed by atoms with Crippen LogP contribution in [0.4, 0.5) is 0 Å². The van der Waals surface area contributed by atoms with Gasteiger partial charge in [-0.15, -0.1) is 0 Å². The monoisotopic (exact) mass is 302 g/mol. The molecule has 0 atom stereocenters. The van der Waals surface area contributed by atoms with E-state index >= 15 is 0 Å². The number of rotatable bonds is 10. The molecule has 22 heavy (non-hydrogen) atoms. The molecule has 5 nitrogen and oxygen atoms in total. The molecule has 1 heterocycles. The van der Waals surface area contributed by atoms with Crippen LogP contribution in [-0.2, 0) is 13.1 Å². The summed E-state index contributed by atoms with van der Waals surface area (Å²) in [7, 11) is 0. The largest absolute Gasteiger partial charge is 0.492 e. The maximum atomic E-state index is 5.78. The summed E-state index contributed by atoms with van der Waals surface area (Å²) < 4.78 is 5.78. The molecule has 2 rings (SSSR count). The summed E-state index contributed by atoms with van der Waals surface area (Å²) in [5.74, 6) is 1.89. The van der Waals surface area contributed by atoms with Crippen LogP contribution >= 0.6 is 0 Å². The number of likely N-dealkylation sites (N-methyl/N-ethyl adjacent to an activating group) is 1. The summed E-state index contributed by atoms with van der Waals surface area (Å²) in [6.07, 6.45) is 3.60. The van der Waals surface area contributed by atoms with E-state index in [1.54, 1.807) is 6.20 Å².